The molecule has 0 radical (unpaired) electrons. The van der Waals surface area contributed by atoms with Crippen LogP contribution in [0.4, 0.5) is 0 Å². The number of hydrogen-bond acceptors (Lipinski definition) is 5. The average molecular weight is 329 g/mol. The van der Waals surface area contributed by atoms with E-state index in [2.05, 4.69) is 4.98 Å². The maximum absolute atomic E-state index is 12.3. The van der Waals surface area contributed by atoms with Crippen LogP contribution in [0.25, 0.3) is 0 Å². The molecule has 126 valence electrons. The Bertz CT molecular complexity index is 826. The third-order valence-electron chi connectivity index (χ3n) is 4.61. The van der Waals surface area contributed by atoms with Crippen molar-refractivity contribution in [1.29, 1.82) is 0 Å². The van der Waals surface area contributed by atoms with Gasteiger partial charge in [-0.3, -0.25) is 4.79 Å². The van der Waals surface area contributed by atoms with Gasteiger partial charge in [0.2, 0.25) is 0 Å². The Labute approximate surface area is 139 Å². The summed E-state index contributed by atoms with van der Waals surface area (Å²) in [6.07, 6.45) is 3.87. The molecule has 1 fully saturated rings. The first-order valence-corrected chi connectivity index (χ1v) is 7.66. The van der Waals surface area contributed by atoms with Crippen LogP contribution in [0, 0.1) is 5.92 Å². The molecule has 0 aromatic carbocycles. The van der Waals surface area contributed by atoms with Crippen molar-refractivity contribution < 1.29 is 19.4 Å². The van der Waals surface area contributed by atoms with Crippen LogP contribution >= 0.6 is 0 Å². The number of ether oxygens (including phenoxy) is 2. The van der Waals surface area contributed by atoms with Crippen LogP contribution in [0.5, 0.6) is 0 Å². The van der Waals surface area contributed by atoms with Crippen LogP contribution in [0.1, 0.15) is 25.3 Å². The predicted octanol–water partition coefficient (Wildman–Crippen LogP) is 1.43. The van der Waals surface area contributed by atoms with E-state index >= 15 is 0 Å². The second kappa shape index (κ2) is 5.82. The Balaban J connectivity index is 2.23. The number of aliphatic hydroxyl groups is 1. The average Bonchev–Trinajstić information content (AvgIpc) is 2.56. The zero-order chi connectivity index (χ0) is 17.5. The summed E-state index contributed by atoms with van der Waals surface area (Å²) in [6.45, 7) is 3.50. The number of allylic oxidation sites excluding steroid dienone is 4. The molecular weight excluding hydrogens is 310 g/mol. The monoisotopic (exact) mass is 329 g/mol. The van der Waals surface area contributed by atoms with Gasteiger partial charge in [0, 0.05) is 17.7 Å². The van der Waals surface area contributed by atoms with Gasteiger partial charge in [0.1, 0.15) is 29.2 Å². The Morgan fingerprint density at radius 3 is 2.75 bits per heavy atom. The summed E-state index contributed by atoms with van der Waals surface area (Å²) >= 11 is 0. The first kappa shape index (κ1) is 16.3. The highest BCUT2D eigenvalue weighted by molar-refractivity contribution is 5.65. The van der Waals surface area contributed by atoms with E-state index in [9.17, 15) is 14.7 Å². The van der Waals surface area contributed by atoms with Crippen LogP contribution in [0.15, 0.2) is 52.4 Å². The number of pyridine rings is 1. The molecule has 0 amide bonds. The van der Waals surface area contributed by atoms with E-state index in [4.69, 9.17) is 9.47 Å². The van der Waals surface area contributed by atoms with Crippen molar-refractivity contribution >= 4 is 5.94 Å². The maximum atomic E-state index is 12.3. The quantitative estimate of drug-likeness (QED) is 0.801. The van der Waals surface area contributed by atoms with Crippen molar-refractivity contribution in [3.63, 3.8) is 0 Å². The van der Waals surface area contributed by atoms with Gasteiger partial charge in [-0.05, 0) is 32.1 Å². The first-order chi connectivity index (χ1) is 11.4. The van der Waals surface area contributed by atoms with E-state index < -0.39 is 23.5 Å². The normalized spacial score (nSPS) is 28.0. The maximum Gasteiger partial charge on any atom is 0.251 e. The number of aliphatic hydroxyl groups excluding tert-OH is 1. The fraction of sp³-hybridized carbons (Fsp3) is 0.389. The third-order valence-corrected chi connectivity index (χ3v) is 4.61. The lowest BCUT2D eigenvalue weighted by Crippen LogP contribution is -2.52. The predicted molar refractivity (Wildman–Crippen MR) is 86.8 cm³/mol. The van der Waals surface area contributed by atoms with Crippen molar-refractivity contribution in [3.05, 3.63) is 63.5 Å². The van der Waals surface area contributed by atoms with Gasteiger partial charge in [0.15, 0.2) is 0 Å². The molecule has 1 aliphatic heterocycles. The second-order valence-electron chi connectivity index (χ2n) is 6.43. The van der Waals surface area contributed by atoms with Crippen molar-refractivity contribution in [2.75, 3.05) is 7.11 Å². The third kappa shape index (κ3) is 2.40. The summed E-state index contributed by atoms with van der Waals surface area (Å²) in [6, 6.07) is 3.34. The zero-order valence-corrected chi connectivity index (χ0v) is 13.7. The molecule has 24 heavy (non-hydrogen) atoms. The van der Waals surface area contributed by atoms with Gasteiger partial charge < -0.3 is 19.6 Å². The van der Waals surface area contributed by atoms with Crippen molar-refractivity contribution in [3.8, 4) is 0 Å². The number of methoxy groups -OCH3 is 1. The molecular formula is C18H19NO5. The molecule has 0 spiro atoms. The number of nitrogens with one attached hydrogen (secondary N) is 1. The molecule has 6 heteroatoms. The smallest absolute Gasteiger partial charge is 0.251 e. The van der Waals surface area contributed by atoms with Crippen molar-refractivity contribution in [2.24, 2.45) is 5.92 Å². The summed E-state index contributed by atoms with van der Waals surface area (Å²) < 4.78 is 11.1. The molecule has 1 saturated heterocycles. The fourth-order valence-electron chi connectivity index (χ4n) is 3.42. The Morgan fingerprint density at radius 1 is 1.38 bits per heavy atom. The summed E-state index contributed by atoms with van der Waals surface area (Å²) in [4.78, 5) is 26.5. The molecule has 6 nitrogen and oxygen atoms in total. The van der Waals surface area contributed by atoms with E-state index in [0.717, 1.165) is 0 Å². The van der Waals surface area contributed by atoms with Gasteiger partial charge in [-0.15, -0.1) is 0 Å². The minimum Gasteiger partial charge on any atom is -0.496 e. The Hall–Kier alpha value is -2.56. The summed E-state index contributed by atoms with van der Waals surface area (Å²) in [5.41, 5.74) is -0.598. The van der Waals surface area contributed by atoms with Crippen LogP contribution in [0.2, 0.25) is 0 Å². The standard InChI is InChI=1S/C18H19NO5/c1-18(2)16(21)15(10-5-4-8-19-17(10)22)14-11(9-20)12(23-3)6-7-13(14)24-18/h4-8,14-16,21H,1-3H3,(H,19,22). The second-order valence-corrected chi connectivity index (χ2v) is 6.43. The van der Waals surface area contributed by atoms with Crippen molar-refractivity contribution in [1.82, 2.24) is 4.98 Å². The van der Waals surface area contributed by atoms with Crippen molar-refractivity contribution in [2.45, 2.75) is 31.5 Å². The lowest BCUT2D eigenvalue weighted by Gasteiger charge is -2.47. The molecule has 1 aromatic rings. The summed E-state index contributed by atoms with van der Waals surface area (Å²) in [7, 11) is 1.45. The molecule has 3 atom stereocenters. The number of H-pyrrole nitrogens is 1. The van der Waals surface area contributed by atoms with Crippen LogP contribution in [-0.2, 0) is 14.3 Å². The molecule has 3 rings (SSSR count). The summed E-state index contributed by atoms with van der Waals surface area (Å²) in [5.74, 6) is 1.48. The first-order valence-electron chi connectivity index (χ1n) is 7.66. The van der Waals surface area contributed by atoms with Gasteiger partial charge in [-0.1, -0.05) is 6.07 Å². The highest BCUT2D eigenvalue weighted by Gasteiger charge is 2.51. The van der Waals surface area contributed by atoms with E-state index in [1.807, 2.05) is 5.94 Å². The van der Waals surface area contributed by atoms with Gasteiger partial charge in [0.05, 0.1) is 18.6 Å². The molecule has 2 heterocycles. The highest BCUT2D eigenvalue weighted by atomic mass is 16.5. The fourth-order valence-corrected chi connectivity index (χ4v) is 3.42. The molecule has 0 bridgehead atoms. The Kier molecular flexibility index (Phi) is 3.95. The number of aromatic nitrogens is 1. The van der Waals surface area contributed by atoms with Gasteiger partial charge in [-0.2, -0.15) is 0 Å². The molecule has 2 aliphatic rings. The molecule has 0 saturated carbocycles. The van der Waals surface area contributed by atoms with Gasteiger partial charge >= 0.3 is 0 Å². The van der Waals surface area contributed by atoms with E-state index in [1.165, 1.54) is 13.3 Å². The number of carbonyl (C=O) groups excluding carboxylic acids is 1. The number of rotatable bonds is 2. The molecule has 2 N–H and O–H groups in total. The topological polar surface area (TPSA) is 88.6 Å². The SMILES string of the molecule is COC1=CC=C2OC(C)(C)C(O)C(c3ccc[nH]c3=O)C2C1=C=O. The lowest BCUT2D eigenvalue weighted by atomic mass is 9.69. The van der Waals surface area contributed by atoms with Gasteiger partial charge in [0.25, 0.3) is 5.56 Å². The largest absolute Gasteiger partial charge is 0.496 e. The van der Waals surface area contributed by atoms with Crippen LogP contribution in [-0.4, -0.2) is 34.8 Å². The van der Waals surface area contributed by atoms with Gasteiger partial charge in [-0.25, -0.2) is 4.79 Å². The van der Waals surface area contributed by atoms with E-state index in [1.54, 1.807) is 38.1 Å². The number of fused-ring (bicyclic) bond motifs is 1. The zero-order valence-electron chi connectivity index (χ0n) is 13.7. The number of hydrogen-bond donors (Lipinski definition) is 2. The minimum atomic E-state index is -0.997. The lowest BCUT2D eigenvalue weighted by molar-refractivity contribution is -0.123. The molecule has 1 aliphatic carbocycles. The van der Waals surface area contributed by atoms with E-state index in [-0.39, 0.29) is 11.1 Å². The summed E-state index contributed by atoms with van der Waals surface area (Å²) in [5, 5.41) is 10.9. The van der Waals surface area contributed by atoms with Crippen LogP contribution < -0.4 is 5.56 Å². The highest BCUT2D eigenvalue weighted by Crippen LogP contribution is 2.49. The molecule has 1 aromatic heterocycles. The number of aromatic amines is 1. The van der Waals surface area contributed by atoms with E-state index in [0.29, 0.717) is 17.1 Å². The Morgan fingerprint density at radius 2 is 2.12 bits per heavy atom. The van der Waals surface area contributed by atoms with Crippen LogP contribution in [0.3, 0.4) is 0 Å². The molecule has 3 unspecified atom stereocenters. The minimum absolute atomic E-state index is 0.234.